The Balaban J connectivity index is 1.88. The molecule has 0 aliphatic carbocycles. The summed E-state index contributed by atoms with van der Waals surface area (Å²) in [6.45, 7) is 0. The fourth-order valence-electron chi connectivity index (χ4n) is 1.93. The summed E-state index contributed by atoms with van der Waals surface area (Å²) in [5.41, 5.74) is 7.46. The first-order valence-electron chi connectivity index (χ1n) is 5.94. The average Bonchev–Trinajstić information content (AvgIpc) is 2.80. The first kappa shape index (κ1) is 12.2. The van der Waals surface area contributed by atoms with Gasteiger partial charge in [0, 0.05) is 5.69 Å². The lowest BCUT2D eigenvalue weighted by molar-refractivity contribution is 0.102. The largest absolute Gasteiger partial charge is 0.398 e. The molecule has 0 saturated carbocycles. The van der Waals surface area contributed by atoms with E-state index in [1.807, 2.05) is 24.3 Å². The third kappa shape index (κ3) is 2.18. The van der Waals surface area contributed by atoms with Gasteiger partial charge in [0.15, 0.2) is 0 Å². The molecule has 1 amide bonds. The zero-order chi connectivity index (χ0) is 14.1. The molecule has 5 nitrogen and oxygen atoms in total. The van der Waals surface area contributed by atoms with E-state index in [9.17, 15) is 9.18 Å². The number of aromatic amines is 1. The molecular formula is C14H11FN4O. The third-order valence-electron chi connectivity index (χ3n) is 2.88. The smallest absolute Gasteiger partial charge is 0.260 e. The van der Waals surface area contributed by atoms with Crippen molar-refractivity contribution in [2.75, 3.05) is 11.1 Å². The molecule has 100 valence electrons. The lowest BCUT2D eigenvalue weighted by atomic mass is 10.1. The standard InChI is InChI=1S/C14H11FN4O/c15-8-5-6-9(10(16)7-8)13(20)19-14-17-11-3-1-2-4-12(11)18-14/h1-7H,16H2,(H2,17,18,19,20). The molecule has 3 rings (SSSR count). The molecule has 0 aliphatic rings. The second-order valence-corrected chi connectivity index (χ2v) is 4.29. The zero-order valence-electron chi connectivity index (χ0n) is 10.4. The quantitative estimate of drug-likeness (QED) is 0.626. The van der Waals surface area contributed by atoms with Gasteiger partial charge in [-0.25, -0.2) is 9.37 Å². The van der Waals surface area contributed by atoms with Gasteiger partial charge in [-0.1, -0.05) is 12.1 Å². The van der Waals surface area contributed by atoms with E-state index in [2.05, 4.69) is 15.3 Å². The Hall–Kier alpha value is -2.89. The number of nitrogen functional groups attached to an aromatic ring is 1. The van der Waals surface area contributed by atoms with E-state index >= 15 is 0 Å². The average molecular weight is 270 g/mol. The number of para-hydroxylation sites is 2. The van der Waals surface area contributed by atoms with Gasteiger partial charge in [-0.2, -0.15) is 0 Å². The zero-order valence-corrected chi connectivity index (χ0v) is 10.4. The normalized spacial score (nSPS) is 10.7. The first-order chi connectivity index (χ1) is 9.63. The highest BCUT2D eigenvalue weighted by molar-refractivity contribution is 6.07. The summed E-state index contributed by atoms with van der Waals surface area (Å²) in [5.74, 6) is -0.607. The number of halogens is 1. The maximum Gasteiger partial charge on any atom is 0.260 e. The van der Waals surface area contributed by atoms with Crippen molar-refractivity contribution in [2.24, 2.45) is 0 Å². The predicted molar refractivity (Wildman–Crippen MR) is 74.9 cm³/mol. The monoisotopic (exact) mass is 270 g/mol. The number of hydrogen-bond donors (Lipinski definition) is 3. The van der Waals surface area contributed by atoms with E-state index in [-0.39, 0.29) is 11.3 Å². The summed E-state index contributed by atoms with van der Waals surface area (Å²) in [6, 6.07) is 11.0. The van der Waals surface area contributed by atoms with Crippen molar-refractivity contribution in [2.45, 2.75) is 0 Å². The number of carbonyl (C=O) groups excluding carboxylic acids is 1. The minimum Gasteiger partial charge on any atom is -0.398 e. The molecule has 0 saturated heterocycles. The molecule has 0 atom stereocenters. The van der Waals surface area contributed by atoms with Crippen molar-refractivity contribution in [3.05, 3.63) is 53.8 Å². The number of aromatic nitrogens is 2. The van der Waals surface area contributed by atoms with Gasteiger partial charge in [-0.15, -0.1) is 0 Å². The Morgan fingerprint density at radius 2 is 2.05 bits per heavy atom. The number of H-pyrrole nitrogens is 1. The van der Waals surface area contributed by atoms with E-state index in [4.69, 9.17) is 5.73 Å². The summed E-state index contributed by atoms with van der Waals surface area (Å²) in [5, 5.41) is 2.60. The first-order valence-corrected chi connectivity index (χ1v) is 5.94. The number of carbonyl (C=O) groups is 1. The highest BCUT2D eigenvalue weighted by Crippen LogP contribution is 2.17. The Kier molecular flexibility index (Phi) is 2.83. The Morgan fingerprint density at radius 3 is 2.80 bits per heavy atom. The maximum absolute atomic E-state index is 12.9. The number of fused-ring (bicyclic) bond motifs is 1. The van der Waals surface area contributed by atoms with E-state index < -0.39 is 11.7 Å². The van der Waals surface area contributed by atoms with Gasteiger partial charge in [-0.3, -0.25) is 10.1 Å². The Morgan fingerprint density at radius 1 is 1.25 bits per heavy atom. The molecule has 2 aromatic carbocycles. The third-order valence-corrected chi connectivity index (χ3v) is 2.88. The van der Waals surface area contributed by atoms with Gasteiger partial charge < -0.3 is 10.7 Å². The van der Waals surface area contributed by atoms with Crippen molar-refractivity contribution >= 4 is 28.6 Å². The van der Waals surface area contributed by atoms with Gasteiger partial charge in [0.05, 0.1) is 16.6 Å². The van der Waals surface area contributed by atoms with Crippen LogP contribution in [0.25, 0.3) is 11.0 Å². The lowest BCUT2D eigenvalue weighted by Crippen LogP contribution is -2.15. The number of amides is 1. The summed E-state index contributed by atoms with van der Waals surface area (Å²) >= 11 is 0. The molecule has 1 heterocycles. The summed E-state index contributed by atoms with van der Waals surface area (Å²) in [6.07, 6.45) is 0. The second-order valence-electron chi connectivity index (χ2n) is 4.29. The van der Waals surface area contributed by atoms with E-state index in [0.29, 0.717) is 5.95 Å². The predicted octanol–water partition coefficient (Wildman–Crippen LogP) is 2.54. The van der Waals surface area contributed by atoms with Crippen LogP contribution in [0.4, 0.5) is 16.0 Å². The number of hydrogen-bond acceptors (Lipinski definition) is 3. The van der Waals surface area contributed by atoms with Crippen molar-refractivity contribution < 1.29 is 9.18 Å². The van der Waals surface area contributed by atoms with Crippen LogP contribution in [0.2, 0.25) is 0 Å². The van der Waals surface area contributed by atoms with Crippen LogP contribution in [0.3, 0.4) is 0 Å². The number of benzene rings is 2. The number of imidazole rings is 1. The summed E-state index contributed by atoms with van der Waals surface area (Å²) in [4.78, 5) is 19.2. The number of nitrogens with two attached hydrogens (primary N) is 1. The number of nitrogens with one attached hydrogen (secondary N) is 2. The van der Waals surface area contributed by atoms with E-state index in [1.165, 1.54) is 12.1 Å². The van der Waals surface area contributed by atoms with E-state index in [1.54, 1.807) is 0 Å². The second kappa shape index (κ2) is 4.65. The van der Waals surface area contributed by atoms with Gasteiger partial charge >= 0.3 is 0 Å². The SMILES string of the molecule is Nc1cc(F)ccc1C(=O)Nc1nc2ccccc2[nH]1. The van der Waals surface area contributed by atoms with Crippen LogP contribution in [-0.2, 0) is 0 Å². The van der Waals surface area contributed by atoms with Gasteiger partial charge in [-0.05, 0) is 30.3 Å². The highest BCUT2D eigenvalue weighted by atomic mass is 19.1. The topological polar surface area (TPSA) is 83.8 Å². The maximum atomic E-state index is 12.9. The molecule has 0 unspecified atom stereocenters. The van der Waals surface area contributed by atoms with Crippen LogP contribution in [0, 0.1) is 5.82 Å². The van der Waals surface area contributed by atoms with Crippen LogP contribution in [0.15, 0.2) is 42.5 Å². The molecule has 0 bridgehead atoms. The molecule has 20 heavy (non-hydrogen) atoms. The van der Waals surface area contributed by atoms with Crippen LogP contribution in [0.1, 0.15) is 10.4 Å². The molecule has 1 aromatic heterocycles. The minimum atomic E-state index is -0.484. The van der Waals surface area contributed by atoms with Gasteiger partial charge in [0.25, 0.3) is 5.91 Å². The summed E-state index contributed by atoms with van der Waals surface area (Å²) < 4.78 is 12.9. The van der Waals surface area contributed by atoms with Crippen LogP contribution < -0.4 is 11.1 Å². The fraction of sp³-hybridized carbons (Fsp3) is 0. The lowest BCUT2D eigenvalue weighted by Gasteiger charge is -2.05. The summed E-state index contributed by atoms with van der Waals surface area (Å²) in [7, 11) is 0. The molecule has 0 fully saturated rings. The number of anilines is 2. The number of nitrogens with zero attached hydrogens (tertiary/aromatic N) is 1. The van der Waals surface area contributed by atoms with Crippen LogP contribution in [0.5, 0.6) is 0 Å². The van der Waals surface area contributed by atoms with Crippen molar-refractivity contribution in [1.29, 1.82) is 0 Å². The fourth-order valence-corrected chi connectivity index (χ4v) is 1.93. The molecule has 4 N–H and O–H groups in total. The van der Waals surface area contributed by atoms with E-state index in [0.717, 1.165) is 17.1 Å². The molecular weight excluding hydrogens is 259 g/mol. The van der Waals surface area contributed by atoms with Gasteiger partial charge in [0.1, 0.15) is 5.82 Å². The van der Waals surface area contributed by atoms with Crippen molar-refractivity contribution in [3.8, 4) is 0 Å². The Bertz CT molecular complexity index is 764. The van der Waals surface area contributed by atoms with Crippen LogP contribution in [-0.4, -0.2) is 15.9 Å². The highest BCUT2D eigenvalue weighted by Gasteiger charge is 2.12. The van der Waals surface area contributed by atoms with Crippen LogP contribution >= 0.6 is 0 Å². The van der Waals surface area contributed by atoms with Crippen molar-refractivity contribution in [1.82, 2.24) is 9.97 Å². The van der Waals surface area contributed by atoms with Crippen molar-refractivity contribution in [3.63, 3.8) is 0 Å². The molecule has 3 aromatic rings. The number of rotatable bonds is 2. The molecule has 0 spiro atoms. The van der Waals surface area contributed by atoms with Gasteiger partial charge in [0.2, 0.25) is 5.95 Å². The minimum absolute atomic E-state index is 0.0820. The molecule has 0 aliphatic heterocycles. The molecule has 6 heteroatoms. The molecule has 0 radical (unpaired) electrons. The Labute approximate surface area is 113 Å².